The van der Waals surface area contributed by atoms with E-state index in [1.165, 1.54) is 26.2 Å². The first kappa shape index (κ1) is 14.0. The van der Waals surface area contributed by atoms with Crippen LogP contribution in [0.3, 0.4) is 0 Å². The standard InChI is InChI=1S/C16H24O5/c1-10(17)18-14-15(2)8-11(19-14)13-12(9-15)20-16(21-13)6-4-3-5-7-16/h11-14H,3-9H2,1-2H3/t11-,12-,13+,14?,15+/m1/s1. The highest BCUT2D eigenvalue weighted by Crippen LogP contribution is 2.55. The van der Waals surface area contributed by atoms with Crippen molar-refractivity contribution in [2.75, 3.05) is 0 Å². The zero-order valence-electron chi connectivity index (χ0n) is 12.8. The number of ether oxygens (including phenoxy) is 4. The highest BCUT2D eigenvalue weighted by Gasteiger charge is 2.62. The third-order valence-corrected chi connectivity index (χ3v) is 5.54. The minimum absolute atomic E-state index is 0.00302. The maximum atomic E-state index is 11.3. The minimum atomic E-state index is -0.458. The van der Waals surface area contributed by atoms with Crippen LogP contribution in [0.5, 0.6) is 0 Å². The van der Waals surface area contributed by atoms with Gasteiger partial charge in [-0.1, -0.05) is 13.3 Å². The van der Waals surface area contributed by atoms with Gasteiger partial charge in [0.25, 0.3) is 0 Å². The molecule has 1 spiro atoms. The highest BCUT2D eigenvalue weighted by atomic mass is 16.8. The third kappa shape index (κ3) is 2.21. The zero-order chi connectivity index (χ0) is 14.7. The van der Waals surface area contributed by atoms with Crippen molar-refractivity contribution in [3.05, 3.63) is 0 Å². The molecule has 118 valence electrons. The molecule has 5 atom stereocenters. The molecule has 0 amide bonds. The lowest BCUT2D eigenvalue weighted by Crippen LogP contribution is -2.42. The largest absolute Gasteiger partial charge is 0.435 e. The Morgan fingerprint density at radius 3 is 2.52 bits per heavy atom. The van der Waals surface area contributed by atoms with E-state index >= 15 is 0 Å². The highest BCUT2D eigenvalue weighted by molar-refractivity contribution is 5.66. The van der Waals surface area contributed by atoms with Crippen LogP contribution in [0.25, 0.3) is 0 Å². The Morgan fingerprint density at radius 2 is 1.81 bits per heavy atom. The molecular weight excluding hydrogens is 272 g/mol. The lowest BCUT2D eigenvalue weighted by atomic mass is 9.74. The predicted octanol–water partition coefficient (Wildman–Crippen LogP) is 2.52. The van der Waals surface area contributed by atoms with Gasteiger partial charge < -0.3 is 18.9 Å². The van der Waals surface area contributed by atoms with Crippen LogP contribution in [0.4, 0.5) is 0 Å². The van der Waals surface area contributed by atoms with Crippen molar-refractivity contribution in [3.63, 3.8) is 0 Å². The maximum Gasteiger partial charge on any atom is 0.304 e. The van der Waals surface area contributed by atoms with E-state index in [0.717, 1.165) is 25.7 Å². The Morgan fingerprint density at radius 1 is 1.10 bits per heavy atom. The van der Waals surface area contributed by atoms with Gasteiger partial charge in [0.05, 0.1) is 12.2 Å². The summed E-state index contributed by atoms with van der Waals surface area (Å²) in [7, 11) is 0. The molecule has 21 heavy (non-hydrogen) atoms. The molecule has 1 unspecified atom stereocenters. The van der Waals surface area contributed by atoms with Crippen LogP contribution in [-0.4, -0.2) is 36.4 Å². The number of fused-ring (bicyclic) bond motifs is 4. The summed E-state index contributed by atoms with van der Waals surface area (Å²) in [5.74, 6) is -0.654. The lowest BCUT2D eigenvalue weighted by Gasteiger charge is -2.34. The van der Waals surface area contributed by atoms with Gasteiger partial charge in [0.1, 0.15) is 6.10 Å². The van der Waals surface area contributed by atoms with Crippen molar-refractivity contribution in [3.8, 4) is 0 Å². The van der Waals surface area contributed by atoms with Gasteiger partial charge in [-0.25, -0.2) is 0 Å². The fourth-order valence-corrected chi connectivity index (χ4v) is 4.57. The Hall–Kier alpha value is -0.650. The number of carbonyl (C=O) groups excluding carboxylic acids is 1. The van der Waals surface area contributed by atoms with E-state index in [0.29, 0.717) is 0 Å². The second-order valence-electron chi connectivity index (χ2n) is 7.39. The normalized spacial score (nSPS) is 47.3. The van der Waals surface area contributed by atoms with E-state index in [2.05, 4.69) is 6.92 Å². The maximum absolute atomic E-state index is 11.3. The molecule has 0 aromatic heterocycles. The van der Waals surface area contributed by atoms with Crippen LogP contribution in [0.15, 0.2) is 0 Å². The molecule has 2 saturated carbocycles. The molecule has 2 heterocycles. The summed E-state index contributed by atoms with van der Waals surface area (Å²) < 4.78 is 24.0. The SMILES string of the molecule is CC(=O)OC1O[C@@H]2C[C@@]1(C)C[C@H]1OC3(CCCCC3)O[C@@H]21. The first-order chi connectivity index (χ1) is 10.00. The number of rotatable bonds is 1. The number of esters is 1. The molecule has 2 aliphatic heterocycles. The van der Waals surface area contributed by atoms with Crippen molar-refractivity contribution in [2.45, 2.75) is 89.2 Å². The van der Waals surface area contributed by atoms with Crippen molar-refractivity contribution >= 4 is 5.97 Å². The van der Waals surface area contributed by atoms with E-state index in [9.17, 15) is 4.79 Å². The first-order valence-corrected chi connectivity index (χ1v) is 8.18. The molecule has 5 heteroatoms. The number of hydrogen-bond donors (Lipinski definition) is 0. The molecular formula is C16H24O5. The van der Waals surface area contributed by atoms with Crippen LogP contribution in [0, 0.1) is 5.41 Å². The summed E-state index contributed by atoms with van der Waals surface area (Å²) in [4.78, 5) is 11.3. The van der Waals surface area contributed by atoms with Crippen molar-refractivity contribution in [2.24, 2.45) is 5.41 Å². The van der Waals surface area contributed by atoms with Gasteiger partial charge in [0.2, 0.25) is 6.29 Å². The Kier molecular flexibility index (Phi) is 3.11. The summed E-state index contributed by atoms with van der Waals surface area (Å²) in [5.41, 5.74) is -0.152. The number of hydrogen-bond acceptors (Lipinski definition) is 5. The molecule has 2 bridgehead atoms. The van der Waals surface area contributed by atoms with Crippen molar-refractivity contribution < 1.29 is 23.7 Å². The summed E-state index contributed by atoms with van der Waals surface area (Å²) >= 11 is 0. The fourth-order valence-electron chi connectivity index (χ4n) is 4.57. The monoisotopic (exact) mass is 296 g/mol. The summed E-state index contributed by atoms with van der Waals surface area (Å²) in [5, 5.41) is 0. The summed E-state index contributed by atoms with van der Waals surface area (Å²) in [6, 6.07) is 0. The molecule has 0 aromatic rings. The topological polar surface area (TPSA) is 54.0 Å². The van der Waals surface area contributed by atoms with Gasteiger partial charge in [-0.15, -0.1) is 0 Å². The molecule has 0 N–H and O–H groups in total. The predicted molar refractivity (Wildman–Crippen MR) is 73.3 cm³/mol. The Labute approximate surface area is 125 Å². The number of carbonyl (C=O) groups is 1. The summed E-state index contributed by atoms with van der Waals surface area (Å²) in [6.45, 7) is 3.56. The first-order valence-electron chi connectivity index (χ1n) is 8.18. The minimum Gasteiger partial charge on any atom is -0.435 e. The molecule has 4 fully saturated rings. The van der Waals surface area contributed by atoms with Crippen LogP contribution in [0.2, 0.25) is 0 Å². The zero-order valence-corrected chi connectivity index (χ0v) is 12.8. The third-order valence-electron chi connectivity index (χ3n) is 5.54. The Bertz CT molecular complexity index is 444. The second kappa shape index (κ2) is 4.67. The van der Waals surface area contributed by atoms with Gasteiger partial charge in [-0.3, -0.25) is 4.79 Å². The quantitative estimate of drug-likeness (QED) is 0.696. The Balaban J connectivity index is 1.52. The van der Waals surface area contributed by atoms with Gasteiger partial charge in [-0.05, 0) is 25.7 Å². The molecule has 0 radical (unpaired) electrons. The molecule has 2 aliphatic carbocycles. The van der Waals surface area contributed by atoms with Crippen LogP contribution in [0.1, 0.15) is 58.8 Å². The van der Waals surface area contributed by atoms with Gasteiger partial charge in [-0.2, -0.15) is 0 Å². The second-order valence-corrected chi connectivity index (χ2v) is 7.39. The summed E-state index contributed by atoms with van der Waals surface area (Å²) in [6.07, 6.45) is 6.95. The van der Waals surface area contributed by atoms with Crippen LogP contribution < -0.4 is 0 Å². The van der Waals surface area contributed by atoms with E-state index in [4.69, 9.17) is 18.9 Å². The van der Waals surface area contributed by atoms with E-state index in [1.54, 1.807) is 0 Å². The van der Waals surface area contributed by atoms with E-state index in [1.807, 2.05) is 0 Å². The molecule has 4 aliphatic rings. The average molecular weight is 296 g/mol. The van der Waals surface area contributed by atoms with Crippen molar-refractivity contribution in [1.82, 2.24) is 0 Å². The molecule has 5 nitrogen and oxygen atoms in total. The van der Waals surface area contributed by atoms with Gasteiger partial charge in [0.15, 0.2) is 5.79 Å². The fraction of sp³-hybridized carbons (Fsp3) is 0.938. The van der Waals surface area contributed by atoms with Gasteiger partial charge >= 0.3 is 5.97 Å². The van der Waals surface area contributed by atoms with E-state index in [-0.39, 0.29) is 35.5 Å². The smallest absolute Gasteiger partial charge is 0.304 e. The van der Waals surface area contributed by atoms with Crippen LogP contribution in [-0.2, 0) is 23.7 Å². The van der Waals surface area contributed by atoms with Crippen LogP contribution >= 0.6 is 0 Å². The molecule has 0 aromatic carbocycles. The van der Waals surface area contributed by atoms with E-state index < -0.39 is 6.29 Å². The van der Waals surface area contributed by atoms with Crippen molar-refractivity contribution in [1.29, 1.82) is 0 Å². The van der Waals surface area contributed by atoms with Gasteiger partial charge in [0, 0.05) is 25.2 Å². The molecule has 4 rings (SSSR count). The molecule has 2 saturated heterocycles. The average Bonchev–Trinajstić information content (AvgIpc) is 2.88. The lowest BCUT2D eigenvalue weighted by molar-refractivity contribution is -0.221.